The molecule has 4 aromatic rings. The average Bonchev–Trinajstić information content (AvgIpc) is 3.33. The number of H-pyrrole nitrogens is 1. The smallest absolute Gasteiger partial charge is 0.322 e. The summed E-state index contributed by atoms with van der Waals surface area (Å²) in [5.74, 6) is -0.254. The fourth-order valence-corrected chi connectivity index (χ4v) is 2.95. The lowest BCUT2D eigenvalue weighted by atomic mass is 10.1. The second-order valence-corrected chi connectivity index (χ2v) is 6.33. The fraction of sp³-hybridized carbons (Fsp3) is 0.105. The van der Waals surface area contributed by atoms with Crippen molar-refractivity contribution in [3.63, 3.8) is 0 Å². The van der Waals surface area contributed by atoms with Crippen LogP contribution in [0.5, 0.6) is 0 Å². The van der Waals surface area contributed by atoms with E-state index in [0.717, 1.165) is 16.9 Å². The summed E-state index contributed by atoms with van der Waals surface area (Å²) >= 11 is 0. The molecule has 1 amide bonds. The summed E-state index contributed by atoms with van der Waals surface area (Å²) in [4.78, 5) is 27.1. The number of nitrogens with zero attached hydrogens (tertiary/aromatic N) is 5. The number of carbonyl (C=O) groups excluding carboxylic acids is 1. The van der Waals surface area contributed by atoms with E-state index >= 15 is 0 Å². The lowest BCUT2D eigenvalue weighted by Crippen LogP contribution is -2.16. The van der Waals surface area contributed by atoms with Crippen molar-refractivity contribution in [2.24, 2.45) is 0 Å². The minimum atomic E-state index is -0.254. The molecular weight excluding hydrogens is 358 g/mol. The number of amides is 1. The van der Waals surface area contributed by atoms with E-state index in [9.17, 15) is 9.59 Å². The van der Waals surface area contributed by atoms with Crippen molar-refractivity contribution in [2.45, 2.75) is 13.8 Å². The van der Waals surface area contributed by atoms with Gasteiger partial charge < -0.3 is 10.3 Å². The summed E-state index contributed by atoms with van der Waals surface area (Å²) in [7, 11) is 0. The van der Waals surface area contributed by atoms with Crippen LogP contribution in [0.3, 0.4) is 0 Å². The zero-order valence-electron chi connectivity index (χ0n) is 15.2. The summed E-state index contributed by atoms with van der Waals surface area (Å²) in [5.41, 5.74) is 4.12. The molecule has 28 heavy (non-hydrogen) atoms. The number of carbonyl (C=O) groups is 1. The topological polar surface area (TPSA) is 110 Å². The second-order valence-electron chi connectivity index (χ2n) is 6.33. The Kier molecular flexibility index (Phi) is 4.32. The average molecular weight is 375 g/mol. The molecule has 2 N–H and O–H groups in total. The van der Waals surface area contributed by atoms with Gasteiger partial charge in [-0.05, 0) is 66.2 Å². The molecule has 9 heteroatoms. The van der Waals surface area contributed by atoms with Crippen molar-refractivity contribution in [3.8, 4) is 11.4 Å². The number of aromatic amines is 1. The molecule has 0 aliphatic carbocycles. The molecule has 0 aliphatic heterocycles. The monoisotopic (exact) mass is 375 g/mol. The van der Waals surface area contributed by atoms with Crippen LogP contribution in [0.1, 0.15) is 21.6 Å². The number of aryl methyl sites for hydroxylation is 2. The van der Waals surface area contributed by atoms with Crippen molar-refractivity contribution in [1.82, 2.24) is 29.8 Å². The maximum atomic E-state index is 12.6. The lowest BCUT2D eigenvalue weighted by Gasteiger charge is -2.10. The third kappa shape index (κ3) is 3.20. The van der Waals surface area contributed by atoms with E-state index in [1.165, 1.54) is 11.0 Å². The highest BCUT2D eigenvalue weighted by Crippen LogP contribution is 2.19. The van der Waals surface area contributed by atoms with Crippen LogP contribution in [0.2, 0.25) is 0 Å². The predicted molar refractivity (Wildman–Crippen MR) is 103 cm³/mol. The first-order valence-corrected chi connectivity index (χ1v) is 8.56. The molecule has 0 fully saturated rings. The van der Waals surface area contributed by atoms with Crippen molar-refractivity contribution in [3.05, 3.63) is 82.3 Å². The number of anilines is 1. The number of tetrazole rings is 1. The van der Waals surface area contributed by atoms with Gasteiger partial charge in [-0.2, -0.15) is 0 Å². The van der Waals surface area contributed by atoms with Crippen LogP contribution in [0.25, 0.3) is 11.4 Å². The first kappa shape index (κ1) is 17.4. The largest absolute Gasteiger partial charge is 0.330 e. The number of nitrogens with one attached hydrogen (secondary N) is 2. The normalized spacial score (nSPS) is 10.8. The van der Waals surface area contributed by atoms with Crippen molar-refractivity contribution >= 4 is 11.6 Å². The second kappa shape index (κ2) is 6.95. The number of imidazole rings is 1. The maximum absolute atomic E-state index is 12.6. The number of aromatic nitrogens is 6. The van der Waals surface area contributed by atoms with Crippen LogP contribution in [-0.4, -0.2) is 35.7 Å². The minimum absolute atomic E-state index is 0.218. The molecule has 4 rings (SSSR count). The van der Waals surface area contributed by atoms with E-state index in [0.29, 0.717) is 16.9 Å². The molecule has 140 valence electrons. The quantitative estimate of drug-likeness (QED) is 0.567. The Labute approximate surface area is 159 Å². The van der Waals surface area contributed by atoms with Gasteiger partial charge in [0.15, 0.2) is 0 Å². The van der Waals surface area contributed by atoms with Gasteiger partial charge in [0.05, 0.1) is 11.4 Å². The molecule has 9 nitrogen and oxygen atoms in total. The first-order chi connectivity index (χ1) is 13.5. The molecule has 2 aromatic carbocycles. The Hall–Kier alpha value is -4.01. The van der Waals surface area contributed by atoms with Crippen LogP contribution in [0.15, 0.2) is 59.8 Å². The van der Waals surface area contributed by atoms with Gasteiger partial charge in [-0.1, -0.05) is 6.07 Å². The SMILES string of the molecule is Cc1ccc(NC(=O)c2ccc(-n3c(C)c[nH]c3=O)cc2)cc1-n1cnnn1. The molecule has 0 radical (unpaired) electrons. The van der Waals surface area contributed by atoms with Crippen LogP contribution in [0.4, 0.5) is 5.69 Å². The third-order valence-electron chi connectivity index (χ3n) is 4.41. The molecule has 2 aromatic heterocycles. The molecule has 0 atom stereocenters. The predicted octanol–water partition coefficient (Wildman–Crippen LogP) is 2.01. The number of hydrogen-bond donors (Lipinski definition) is 2. The third-order valence-corrected chi connectivity index (χ3v) is 4.41. The van der Waals surface area contributed by atoms with Gasteiger partial charge >= 0.3 is 5.69 Å². The lowest BCUT2D eigenvalue weighted by molar-refractivity contribution is 0.102. The van der Waals surface area contributed by atoms with E-state index in [1.54, 1.807) is 41.1 Å². The minimum Gasteiger partial charge on any atom is -0.322 e. The highest BCUT2D eigenvalue weighted by molar-refractivity contribution is 6.04. The number of rotatable bonds is 4. The van der Waals surface area contributed by atoms with Gasteiger partial charge in [-0.3, -0.25) is 9.36 Å². The Morgan fingerprint density at radius 1 is 1.11 bits per heavy atom. The fourth-order valence-electron chi connectivity index (χ4n) is 2.95. The highest BCUT2D eigenvalue weighted by Gasteiger charge is 2.10. The van der Waals surface area contributed by atoms with Crippen molar-refractivity contribution < 1.29 is 4.79 Å². The van der Waals surface area contributed by atoms with E-state index in [-0.39, 0.29) is 11.6 Å². The summed E-state index contributed by atoms with van der Waals surface area (Å²) in [6, 6.07) is 12.3. The zero-order valence-corrected chi connectivity index (χ0v) is 15.2. The van der Waals surface area contributed by atoms with Gasteiger partial charge in [-0.15, -0.1) is 5.10 Å². The van der Waals surface area contributed by atoms with Crippen LogP contribution >= 0.6 is 0 Å². The van der Waals surface area contributed by atoms with Gasteiger partial charge in [0.2, 0.25) is 0 Å². The Morgan fingerprint density at radius 3 is 2.54 bits per heavy atom. The molecule has 0 saturated heterocycles. The molecule has 2 heterocycles. The van der Waals surface area contributed by atoms with E-state index in [4.69, 9.17) is 0 Å². The molecular formula is C19H17N7O2. The summed E-state index contributed by atoms with van der Waals surface area (Å²) in [6.45, 7) is 3.77. The number of hydrogen-bond acceptors (Lipinski definition) is 5. The molecule has 0 aliphatic rings. The van der Waals surface area contributed by atoms with Crippen LogP contribution in [-0.2, 0) is 0 Å². The molecule has 0 bridgehead atoms. The Morgan fingerprint density at radius 2 is 1.89 bits per heavy atom. The van der Waals surface area contributed by atoms with Gasteiger partial charge in [0, 0.05) is 23.1 Å². The summed E-state index contributed by atoms with van der Waals surface area (Å²) in [5, 5.41) is 14.0. The Balaban J connectivity index is 1.56. The summed E-state index contributed by atoms with van der Waals surface area (Å²) in [6.07, 6.45) is 3.14. The van der Waals surface area contributed by atoms with Crippen molar-refractivity contribution in [1.29, 1.82) is 0 Å². The highest BCUT2D eigenvalue weighted by atomic mass is 16.2. The van der Waals surface area contributed by atoms with E-state index < -0.39 is 0 Å². The van der Waals surface area contributed by atoms with E-state index in [2.05, 4.69) is 25.8 Å². The zero-order chi connectivity index (χ0) is 19.7. The van der Waals surface area contributed by atoms with Gasteiger partial charge in [0.25, 0.3) is 5.91 Å². The van der Waals surface area contributed by atoms with Gasteiger partial charge in [0.1, 0.15) is 6.33 Å². The van der Waals surface area contributed by atoms with Crippen LogP contribution < -0.4 is 11.0 Å². The van der Waals surface area contributed by atoms with Crippen molar-refractivity contribution in [2.75, 3.05) is 5.32 Å². The molecule has 0 saturated carbocycles. The molecule has 0 spiro atoms. The molecule has 0 unspecified atom stereocenters. The van der Waals surface area contributed by atoms with Crippen LogP contribution in [0, 0.1) is 13.8 Å². The first-order valence-electron chi connectivity index (χ1n) is 8.56. The maximum Gasteiger partial charge on any atom is 0.330 e. The standard InChI is InChI=1S/C19H17N7O2/c1-12-3-6-15(9-17(12)25-11-21-23-24-25)22-18(27)14-4-7-16(8-5-14)26-13(2)10-20-19(26)28/h3-11H,1-2H3,(H,20,28)(H,22,27). The number of benzene rings is 2. The van der Waals surface area contributed by atoms with E-state index in [1.807, 2.05) is 26.0 Å². The van der Waals surface area contributed by atoms with Gasteiger partial charge in [-0.25, -0.2) is 9.48 Å². The Bertz CT molecular complexity index is 1190. The summed E-state index contributed by atoms with van der Waals surface area (Å²) < 4.78 is 3.08.